The zero-order valence-electron chi connectivity index (χ0n) is 20.4. The highest BCUT2D eigenvalue weighted by atomic mass is 16.5. The average molecular weight is 428 g/mol. The van der Waals surface area contributed by atoms with Gasteiger partial charge < -0.3 is 4.74 Å². The molecule has 0 saturated carbocycles. The molecule has 0 bridgehead atoms. The number of hydrogen-bond donors (Lipinski definition) is 0. The fourth-order valence-corrected chi connectivity index (χ4v) is 4.23. The largest absolute Gasteiger partial charge is 0.342 e. The zero-order valence-corrected chi connectivity index (χ0v) is 20.4. The van der Waals surface area contributed by atoms with Gasteiger partial charge in [0.1, 0.15) is 12.4 Å². The van der Waals surface area contributed by atoms with Crippen molar-refractivity contribution in [1.29, 1.82) is 0 Å². The first-order valence-corrected chi connectivity index (χ1v) is 13.1. The van der Waals surface area contributed by atoms with Crippen molar-refractivity contribution in [2.24, 2.45) is 0 Å². The SMILES string of the molecule is CCCCCCCCCCOC[n+]1ccn(CCCCCCCC)c1-c1ccccc1. The van der Waals surface area contributed by atoms with Crippen LogP contribution in [0.1, 0.15) is 104 Å². The van der Waals surface area contributed by atoms with Crippen LogP contribution in [0.15, 0.2) is 42.7 Å². The van der Waals surface area contributed by atoms with Crippen molar-refractivity contribution in [2.75, 3.05) is 6.61 Å². The second-order valence-corrected chi connectivity index (χ2v) is 8.93. The standard InChI is InChI=1S/C28H47N2O/c1-3-5-7-9-11-12-14-19-25-31-26-30-24-23-29(22-18-13-10-8-6-4-2)28(30)27-20-16-15-17-21-27/h15-17,20-21,23-24H,3-14,18-19,22,25-26H2,1-2H3/q+1. The third-order valence-corrected chi connectivity index (χ3v) is 6.13. The molecule has 3 nitrogen and oxygen atoms in total. The van der Waals surface area contributed by atoms with E-state index in [-0.39, 0.29) is 0 Å². The van der Waals surface area contributed by atoms with Crippen molar-refractivity contribution in [3.05, 3.63) is 42.7 Å². The minimum Gasteiger partial charge on any atom is -0.342 e. The van der Waals surface area contributed by atoms with Gasteiger partial charge in [-0.15, -0.1) is 0 Å². The van der Waals surface area contributed by atoms with Crippen LogP contribution in [0.5, 0.6) is 0 Å². The predicted octanol–water partition coefficient (Wildman–Crippen LogP) is 7.92. The summed E-state index contributed by atoms with van der Waals surface area (Å²) in [5, 5.41) is 0. The van der Waals surface area contributed by atoms with E-state index in [0.717, 1.165) is 13.2 Å². The second kappa shape index (κ2) is 17.0. The van der Waals surface area contributed by atoms with E-state index in [0.29, 0.717) is 6.73 Å². The number of unbranched alkanes of at least 4 members (excludes halogenated alkanes) is 12. The summed E-state index contributed by atoms with van der Waals surface area (Å²) >= 11 is 0. The molecule has 0 saturated heterocycles. The Kier molecular flexibility index (Phi) is 14.1. The van der Waals surface area contributed by atoms with Gasteiger partial charge in [0, 0.05) is 0 Å². The van der Waals surface area contributed by atoms with E-state index in [2.05, 4.69) is 65.7 Å². The smallest absolute Gasteiger partial charge is 0.290 e. The van der Waals surface area contributed by atoms with Gasteiger partial charge in [-0.25, -0.2) is 9.13 Å². The highest BCUT2D eigenvalue weighted by molar-refractivity contribution is 5.52. The normalized spacial score (nSPS) is 11.3. The van der Waals surface area contributed by atoms with E-state index in [1.807, 2.05) is 0 Å². The molecule has 1 heterocycles. The van der Waals surface area contributed by atoms with Crippen molar-refractivity contribution in [3.8, 4) is 11.4 Å². The summed E-state index contributed by atoms with van der Waals surface area (Å²) in [7, 11) is 0. The number of imidazole rings is 1. The van der Waals surface area contributed by atoms with Gasteiger partial charge in [-0.05, 0) is 31.4 Å². The minimum absolute atomic E-state index is 0.643. The molecule has 3 heteroatoms. The lowest BCUT2D eigenvalue weighted by molar-refractivity contribution is -0.722. The fraction of sp³-hybridized carbons (Fsp3) is 0.679. The van der Waals surface area contributed by atoms with Crippen molar-refractivity contribution in [3.63, 3.8) is 0 Å². The number of hydrogen-bond acceptors (Lipinski definition) is 1. The van der Waals surface area contributed by atoms with Gasteiger partial charge in [0.25, 0.3) is 5.82 Å². The third kappa shape index (κ3) is 10.5. The first kappa shape index (κ1) is 25.6. The van der Waals surface area contributed by atoms with E-state index in [4.69, 9.17) is 4.74 Å². The molecule has 0 radical (unpaired) electrons. The number of rotatable bonds is 19. The van der Waals surface area contributed by atoms with Crippen LogP contribution in [-0.4, -0.2) is 11.2 Å². The molecule has 0 N–H and O–H groups in total. The van der Waals surface area contributed by atoms with Crippen LogP contribution in [0.3, 0.4) is 0 Å². The Bertz CT molecular complexity index is 665. The maximum absolute atomic E-state index is 6.06. The Morgan fingerprint density at radius 2 is 1.29 bits per heavy atom. The topological polar surface area (TPSA) is 18.0 Å². The molecule has 174 valence electrons. The minimum atomic E-state index is 0.643. The molecular formula is C28H47N2O+. The summed E-state index contributed by atoms with van der Waals surface area (Å²) in [5.74, 6) is 1.27. The average Bonchev–Trinajstić information content (AvgIpc) is 3.20. The summed E-state index contributed by atoms with van der Waals surface area (Å²) in [6, 6.07) is 10.8. The molecule has 0 unspecified atom stereocenters. The van der Waals surface area contributed by atoms with Gasteiger partial charge in [-0.2, -0.15) is 0 Å². The monoisotopic (exact) mass is 427 g/mol. The summed E-state index contributed by atoms with van der Waals surface area (Å²) < 4.78 is 10.7. The van der Waals surface area contributed by atoms with E-state index >= 15 is 0 Å². The first-order chi connectivity index (χ1) is 15.4. The number of aryl methyl sites for hydroxylation is 1. The highest BCUT2D eigenvalue weighted by Gasteiger charge is 2.19. The summed E-state index contributed by atoms with van der Waals surface area (Å²) in [6.45, 7) is 7.15. The predicted molar refractivity (Wildman–Crippen MR) is 132 cm³/mol. The molecule has 0 aliphatic rings. The summed E-state index contributed by atoms with van der Waals surface area (Å²) in [4.78, 5) is 0. The van der Waals surface area contributed by atoms with Crippen LogP contribution in [-0.2, 0) is 18.0 Å². The van der Waals surface area contributed by atoms with Crippen molar-refractivity contribution >= 4 is 0 Å². The van der Waals surface area contributed by atoms with Crippen LogP contribution in [0.25, 0.3) is 11.4 Å². The van der Waals surface area contributed by atoms with E-state index < -0.39 is 0 Å². The van der Waals surface area contributed by atoms with E-state index in [9.17, 15) is 0 Å². The number of nitrogens with zero attached hydrogens (tertiary/aromatic N) is 2. The first-order valence-electron chi connectivity index (χ1n) is 13.1. The summed E-state index contributed by atoms with van der Waals surface area (Å²) in [5.41, 5.74) is 1.27. The second-order valence-electron chi connectivity index (χ2n) is 8.93. The van der Waals surface area contributed by atoms with Crippen LogP contribution in [0.4, 0.5) is 0 Å². The zero-order chi connectivity index (χ0) is 22.0. The molecule has 0 aliphatic heterocycles. The molecule has 1 aromatic carbocycles. The van der Waals surface area contributed by atoms with Gasteiger partial charge in [0.2, 0.25) is 0 Å². The lowest BCUT2D eigenvalue weighted by atomic mass is 10.1. The Labute approximate surface area is 191 Å². The number of aromatic nitrogens is 2. The molecule has 2 aromatic rings. The molecule has 0 spiro atoms. The van der Waals surface area contributed by atoms with Crippen molar-refractivity contribution in [1.82, 2.24) is 4.57 Å². The maximum Gasteiger partial charge on any atom is 0.290 e. The number of benzene rings is 1. The molecule has 0 amide bonds. The third-order valence-electron chi connectivity index (χ3n) is 6.13. The molecule has 0 atom stereocenters. The molecular weight excluding hydrogens is 380 g/mol. The van der Waals surface area contributed by atoms with Crippen molar-refractivity contribution in [2.45, 2.75) is 117 Å². The fourth-order valence-electron chi connectivity index (χ4n) is 4.23. The van der Waals surface area contributed by atoms with Gasteiger partial charge >= 0.3 is 0 Å². The highest BCUT2D eigenvalue weighted by Crippen LogP contribution is 2.17. The van der Waals surface area contributed by atoms with Gasteiger partial charge in [0.05, 0.1) is 18.7 Å². The Hall–Kier alpha value is -1.61. The quantitative estimate of drug-likeness (QED) is 0.164. The Balaban J connectivity index is 1.77. The van der Waals surface area contributed by atoms with Crippen LogP contribution < -0.4 is 4.57 Å². The molecule has 31 heavy (non-hydrogen) atoms. The van der Waals surface area contributed by atoms with Crippen LogP contribution in [0.2, 0.25) is 0 Å². The van der Waals surface area contributed by atoms with Gasteiger partial charge in [0.15, 0.2) is 6.73 Å². The lowest BCUT2D eigenvalue weighted by Gasteiger charge is -2.07. The Morgan fingerprint density at radius 3 is 1.94 bits per heavy atom. The molecule has 1 aromatic heterocycles. The van der Waals surface area contributed by atoms with Gasteiger partial charge in [-0.3, -0.25) is 0 Å². The summed E-state index contributed by atoms with van der Waals surface area (Å²) in [6.07, 6.45) is 23.1. The van der Waals surface area contributed by atoms with E-state index in [1.54, 1.807) is 0 Å². The van der Waals surface area contributed by atoms with Crippen LogP contribution in [0, 0.1) is 0 Å². The molecule has 0 aliphatic carbocycles. The maximum atomic E-state index is 6.06. The van der Waals surface area contributed by atoms with Crippen molar-refractivity contribution < 1.29 is 9.30 Å². The lowest BCUT2D eigenvalue weighted by Crippen LogP contribution is -2.36. The molecule has 2 rings (SSSR count). The Morgan fingerprint density at radius 1 is 0.710 bits per heavy atom. The van der Waals surface area contributed by atoms with E-state index in [1.165, 1.54) is 101 Å². The van der Waals surface area contributed by atoms with Crippen LogP contribution >= 0.6 is 0 Å². The number of ether oxygens (including phenoxy) is 1. The molecule has 0 fully saturated rings. The van der Waals surface area contributed by atoms with Gasteiger partial charge in [-0.1, -0.05) is 103 Å².